The van der Waals surface area contributed by atoms with E-state index >= 15 is 0 Å². The highest BCUT2D eigenvalue weighted by molar-refractivity contribution is 6.35. The first-order valence-corrected chi connectivity index (χ1v) is 9.83. The van der Waals surface area contributed by atoms with Gasteiger partial charge in [-0.2, -0.15) is 5.10 Å². The van der Waals surface area contributed by atoms with Crippen molar-refractivity contribution in [2.24, 2.45) is 0 Å². The van der Waals surface area contributed by atoms with Gasteiger partial charge in [0, 0.05) is 39.1 Å². The Hall–Kier alpha value is -2.44. The van der Waals surface area contributed by atoms with Crippen molar-refractivity contribution in [1.82, 2.24) is 19.7 Å². The van der Waals surface area contributed by atoms with E-state index in [1.54, 1.807) is 47.4 Å². The minimum absolute atomic E-state index is 0.444. The molecule has 0 fully saturated rings. The highest BCUT2D eigenvalue weighted by Gasteiger charge is 2.24. The molecule has 0 amide bonds. The monoisotopic (exact) mass is 444 g/mol. The van der Waals surface area contributed by atoms with Crippen molar-refractivity contribution in [2.45, 2.75) is 13.0 Å². The van der Waals surface area contributed by atoms with Gasteiger partial charge in [0.15, 0.2) is 0 Å². The van der Waals surface area contributed by atoms with Gasteiger partial charge in [-0.05, 0) is 37.3 Å². The van der Waals surface area contributed by atoms with Gasteiger partial charge in [0.25, 0.3) is 0 Å². The summed E-state index contributed by atoms with van der Waals surface area (Å²) in [6, 6.07) is 12.6. The lowest BCUT2D eigenvalue weighted by Gasteiger charge is -2.11. The van der Waals surface area contributed by atoms with Crippen molar-refractivity contribution in [3.8, 4) is 16.9 Å². The summed E-state index contributed by atoms with van der Waals surface area (Å²) in [5.74, 6) is 0. The molecule has 0 saturated carbocycles. The maximum Gasteiger partial charge on any atom is 0.126 e. The zero-order chi connectivity index (χ0) is 20.5. The van der Waals surface area contributed by atoms with Gasteiger partial charge in [-0.3, -0.25) is 0 Å². The van der Waals surface area contributed by atoms with Gasteiger partial charge >= 0.3 is 0 Å². The summed E-state index contributed by atoms with van der Waals surface area (Å²) >= 11 is 18.6. The van der Waals surface area contributed by atoms with E-state index in [1.807, 2.05) is 19.1 Å². The fourth-order valence-electron chi connectivity index (χ4n) is 3.16. The topological polar surface area (TPSA) is 63.8 Å². The summed E-state index contributed by atoms with van der Waals surface area (Å²) in [5, 5.41) is 17.2. The quantitative estimate of drug-likeness (QED) is 0.439. The smallest absolute Gasteiger partial charge is 0.126 e. The Balaban J connectivity index is 1.94. The highest BCUT2D eigenvalue weighted by atomic mass is 35.5. The van der Waals surface area contributed by atoms with E-state index in [2.05, 4.69) is 9.97 Å². The standard InChI is InChI=1S/C21H15Cl3N4O/c1-12-19(21(29)14-9-25-11-26-10-14)27-28(18-7-6-16(23)8-17(18)24)20(12)13-2-4-15(22)5-3-13/h2-11,21,29H,1H3. The van der Waals surface area contributed by atoms with Crippen LogP contribution in [-0.2, 0) is 0 Å². The molecule has 0 aliphatic carbocycles. The SMILES string of the molecule is Cc1c(C(O)c2cncnc2)nn(-c2ccc(Cl)cc2Cl)c1-c1ccc(Cl)cc1. The summed E-state index contributed by atoms with van der Waals surface area (Å²) < 4.78 is 1.71. The maximum atomic E-state index is 10.9. The van der Waals surface area contributed by atoms with Crippen molar-refractivity contribution in [3.05, 3.63) is 93.1 Å². The third kappa shape index (κ3) is 3.87. The van der Waals surface area contributed by atoms with E-state index in [0.29, 0.717) is 32.0 Å². The van der Waals surface area contributed by atoms with Crippen molar-refractivity contribution in [1.29, 1.82) is 0 Å². The van der Waals surface area contributed by atoms with Gasteiger partial charge < -0.3 is 5.11 Å². The Morgan fingerprint density at radius 2 is 1.59 bits per heavy atom. The zero-order valence-electron chi connectivity index (χ0n) is 15.2. The molecule has 2 aromatic carbocycles. The van der Waals surface area contributed by atoms with Crippen LogP contribution in [0, 0.1) is 6.92 Å². The van der Waals surface area contributed by atoms with Gasteiger partial charge in [-0.15, -0.1) is 0 Å². The normalized spacial score (nSPS) is 12.2. The second-order valence-corrected chi connectivity index (χ2v) is 7.73. The van der Waals surface area contributed by atoms with E-state index in [9.17, 15) is 5.11 Å². The maximum absolute atomic E-state index is 10.9. The molecule has 5 nitrogen and oxygen atoms in total. The number of aliphatic hydroxyl groups is 1. The molecule has 0 aliphatic rings. The summed E-state index contributed by atoms with van der Waals surface area (Å²) in [6.45, 7) is 1.90. The lowest BCUT2D eigenvalue weighted by atomic mass is 10.0. The van der Waals surface area contributed by atoms with Crippen molar-refractivity contribution < 1.29 is 5.11 Å². The average molecular weight is 446 g/mol. The molecule has 0 saturated heterocycles. The van der Waals surface area contributed by atoms with Crippen LogP contribution >= 0.6 is 34.8 Å². The second kappa shape index (κ2) is 8.13. The first kappa shape index (κ1) is 19.9. The molecule has 0 aliphatic heterocycles. The number of aliphatic hydroxyl groups excluding tert-OH is 1. The Morgan fingerprint density at radius 3 is 2.24 bits per heavy atom. The van der Waals surface area contributed by atoms with Gasteiger partial charge in [0.1, 0.15) is 12.4 Å². The summed E-state index contributed by atoms with van der Waals surface area (Å²) in [7, 11) is 0. The predicted molar refractivity (Wildman–Crippen MR) is 115 cm³/mol. The largest absolute Gasteiger partial charge is 0.382 e. The van der Waals surface area contributed by atoms with Crippen molar-refractivity contribution in [2.75, 3.05) is 0 Å². The zero-order valence-corrected chi connectivity index (χ0v) is 17.5. The molecule has 1 N–H and O–H groups in total. The van der Waals surface area contributed by atoms with Crippen LogP contribution < -0.4 is 0 Å². The van der Waals surface area contributed by atoms with Crippen LogP contribution in [0.3, 0.4) is 0 Å². The molecule has 0 bridgehead atoms. The molecule has 146 valence electrons. The lowest BCUT2D eigenvalue weighted by Crippen LogP contribution is -2.05. The molecular weight excluding hydrogens is 431 g/mol. The summed E-state index contributed by atoms with van der Waals surface area (Å²) in [4.78, 5) is 7.97. The van der Waals surface area contributed by atoms with Crippen LogP contribution in [0.15, 0.2) is 61.2 Å². The van der Waals surface area contributed by atoms with Crippen LogP contribution in [0.2, 0.25) is 15.1 Å². The van der Waals surface area contributed by atoms with Crippen LogP contribution in [-0.4, -0.2) is 24.9 Å². The number of hydrogen-bond acceptors (Lipinski definition) is 4. The molecule has 2 aromatic heterocycles. The first-order chi connectivity index (χ1) is 14.0. The molecular formula is C21H15Cl3N4O. The molecule has 4 aromatic rings. The molecule has 1 unspecified atom stereocenters. The van der Waals surface area contributed by atoms with E-state index in [-0.39, 0.29) is 0 Å². The number of nitrogens with zero attached hydrogens (tertiary/aromatic N) is 4. The van der Waals surface area contributed by atoms with Crippen molar-refractivity contribution >= 4 is 34.8 Å². The number of halogens is 3. The molecule has 4 rings (SSSR count). The Morgan fingerprint density at radius 1 is 0.931 bits per heavy atom. The Labute approximate surface area is 182 Å². The van der Waals surface area contributed by atoms with Gasteiger partial charge in [0.2, 0.25) is 0 Å². The molecule has 8 heteroatoms. The van der Waals surface area contributed by atoms with Gasteiger partial charge in [-0.1, -0.05) is 46.9 Å². The third-order valence-electron chi connectivity index (χ3n) is 4.57. The molecule has 29 heavy (non-hydrogen) atoms. The fourth-order valence-corrected chi connectivity index (χ4v) is 3.77. The van der Waals surface area contributed by atoms with Gasteiger partial charge in [0.05, 0.1) is 22.1 Å². The van der Waals surface area contributed by atoms with Crippen LogP contribution in [0.1, 0.15) is 22.9 Å². The molecule has 1 atom stereocenters. The Kier molecular flexibility index (Phi) is 5.56. The second-order valence-electron chi connectivity index (χ2n) is 6.45. The van der Waals surface area contributed by atoms with Gasteiger partial charge in [-0.25, -0.2) is 14.6 Å². The van der Waals surface area contributed by atoms with Crippen LogP contribution in [0.25, 0.3) is 16.9 Å². The minimum atomic E-state index is -0.991. The number of aromatic nitrogens is 4. The van der Waals surface area contributed by atoms with E-state index in [4.69, 9.17) is 39.9 Å². The highest BCUT2D eigenvalue weighted by Crippen LogP contribution is 2.36. The number of rotatable bonds is 4. The summed E-state index contributed by atoms with van der Waals surface area (Å²) in [6.07, 6.45) is 3.55. The lowest BCUT2D eigenvalue weighted by molar-refractivity contribution is 0.213. The molecule has 0 radical (unpaired) electrons. The molecule has 2 heterocycles. The van der Waals surface area contributed by atoms with Crippen LogP contribution in [0.5, 0.6) is 0 Å². The minimum Gasteiger partial charge on any atom is -0.382 e. The average Bonchev–Trinajstić information content (AvgIpc) is 3.05. The van der Waals surface area contributed by atoms with Crippen molar-refractivity contribution in [3.63, 3.8) is 0 Å². The third-order valence-corrected chi connectivity index (χ3v) is 5.36. The summed E-state index contributed by atoms with van der Waals surface area (Å²) in [5.41, 5.74) is 4.15. The first-order valence-electron chi connectivity index (χ1n) is 8.69. The van der Waals surface area contributed by atoms with E-state index < -0.39 is 6.10 Å². The fraction of sp³-hybridized carbons (Fsp3) is 0.0952. The van der Waals surface area contributed by atoms with E-state index in [0.717, 1.165) is 16.8 Å². The van der Waals surface area contributed by atoms with E-state index in [1.165, 1.54) is 6.33 Å². The molecule has 0 spiro atoms. The predicted octanol–water partition coefficient (Wildman–Crippen LogP) is 5.68. The Bertz CT molecular complexity index is 1160. The van der Waals surface area contributed by atoms with Crippen LogP contribution in [0.4, 0.5) is 0 Å². The number of benzene rings is 2. The number of hydrogen-bond donors (Lipinski definition) is 1.